The number of nitrogens with zero attached hydrogens (tertiary/aromatic N) is 4. The summed E-state index contributed by atoms with van der Waals surface area (Å²) >= 11 is 0. The quantitative estimate of drug-likeness (QED) is 0.349. The van der Waals surface area contributed by atoms with Crippen molar-refractivity contribution < 1.29 is 31.9 Å². The summed E-state index contributed by atoms with van der Waals surface area (Å²) in [5.41, 5.74) is 0.437. The molecule has 38 heavy (non-hydrogen) atoms. The van der Waals surface area contributed by atoms with Crippen molar-refractivity contribution >= 4 is 23.3 Å². The number of nitrogens with one attached hydrogen (secondary N) is 2. The minimum atomic E-state index is -4.67. The average molecular weight is 530 g/mol. The molecule has 0 bridgehead atoms. The Hall–Kier alpha value is -4.55. The standard InChI is InChI=1S/C25H22F4N6O3/c1-12(16-9-15(25(27,28)29)5-6-19(16)26)30-23(37)18-10-17(13(2)31-24(18)38-4)20-7-8-22-33-21(32-14(3)36)11-35(22)34-20/h5-12H,1-4H3,(H,30,37)(H,32,36). The van der Waals surface area contributed by atoms with Gasteiger partial charge >= 0.3 is 6.18 Å². The number of imidazole rings is 1. The summed E-state index contributed by atoms with van der Waals surface area (Å²) in [7, 11) is 1.31. The van der Waals surface area contributed by atoms with E-state index in [0.717, 1.165) is 0 Å². The van der Waals surface area contributed by atoms with Crippen LogP contribution in [0, 0.1) is 12.7 Å². The molecule has 0 aliphatic heterocycles. The van der Waals surface area contributed by atoms with Gasteiger partial charge in [-0.25, -0.2) is 18.9 Å². The average Bonchev–Trinajstić information content (AvgIpc) is 3.23. The highest BCUT2D eigenvalue weighted by atomic mass is 19.4. The van der Waals surface area contributed by atoms with Crippen molar-refractivity contribution in [3.05, 3.63) is 70.8 Å². The van der Waals surface area contributed by atoms with Gasteiger partial charge in [0.05, 0.1) is 36.3 Å². The summed E-state index contributed by atoms with van der Waals surface area (Å²) in [6, 6.07) is 5.69. The Morgan fingerprint density at radius 3 is 2.50 bits per heavy atom. The molecule has 0 saturated heterocycles. The second kappa shape index (κ2) is 10.1. The topological polar surface area (TPSA) is 111 Å². The zero-order chi connectivity index (χ0) is 27.8. The van der Waals surface area contributed by atoms with E-state index in [1.54, 1.807) is 19.1 Å². The predicted molar refractivity (Wildman–Crippen MR) is 129 cm³/mol. The highest BCUT2D eigenvalue weighted by molar-refractivity contribution is 5.98. The zero-order valence-electron chi connectivity index (χ0n) is 20.6. The Morgan fingerprint density at radius 2 is 1.84 bits per heavy atom. The van der Waals surface area contributed by atoms with Crippen LogP contribution in [-0.4, -0.2) is 38.5 Å². The van der Waals surface area contributed by atoms with Gasteiger partial charge in [-0.3, -0.25) is 9.59 Å². The number of anilines is 1. The monoisotopic (exact) mass is 530 g/mol. The summed E-state index contributed by atoms with van der Waals surface area (Å²) < 4.78 is 60.4. The van der Waals surface area contributed by atoms with E-state index >= 15 is 0 Å². The van der Waals surface area contributed by atoms with Gasteiger partial charge in [-0.1, -0.05) is 0 Å². The molecule has 0 saturated carbocycles. The van der Waals surface area contributed by atoms with Crippen LogP contribution in [0.15, 0.2) is 42.6 Å². The van der Waals surface area contributed by atoms with Crippen LogP contribution in [0.4, 0.5) is 23.4 Å². The molecule has 3 heterocycles. The molecule has 4 aromatic rings. The van der Waals surface area contributed by atoms with Gasteiger partial charge in [0.25, 0.3) is 5.91 Å². The number of benzene rings is 1. The van der Waals surface area contributed by atoms with Gasteiger partial charge in [0.2, 0.25) is 11.8 Å². The van der Waals surface area contributed by atoms with Crippen molar-refractivity contribution in [1.82, 2.24) is 24.9 Å². The van der Waals surface area contributed by atoms with Crippen molar-refractivity contribution in [2.24, 2.45) is 0 Å². The molecule has 198 valence electrons. The van der Waals surface area contributed by atoms with Crippen molar-refractivity contribution in [2.45, 2.75) is 33.0 Å². The number of aryl methyl sites for hydroxylation is 1. The molecule has 0 spiro atoms. The summed E-state index contributed by atoms with van der Waals surface area (Å²) in [5.74, 6) is -1.65. The Balaban J connectivity index is 1.68. The number of rotatable bonds is 6. The van der Waals surface area contributed by atoms with Crippen LogP contribution in [0.25, 0.3) is 16.9 Å². The number of methoxy groups -OCH3 is 1. The largest absolute Gasteiger partial charge is 0.480 e. The van der Waals surface area contributed by atoms with Crippen molar-refractivity contribution in [1.29, 1.82) is 0 Å². The SMILES string of the molecule is COc1nc(C)c(-c2ccc3nc(NC(C)=O)cn3n2)cc1C(=O)NC(C)c1cc(C(F)(F)F)ccc1F. The van der Waals surface area contributed by atoms with Crippen LogP contribution in [0.3, 0.4) is 0 Å². The molecule has 13 heteroatoms. The Morgan fingerprint density at radius 1 is 1.11 bits per heavy atom. The molecule has 1 atom stereocenters. The van der Waals surface area contributed by atoms with Crippen molar-refractivity contribution in [3.63, 3.8) is 0 Å². The van der Waals surface area contributed by atoms with E-state index in [1.165, 1.54) is 37.7 Å². The molecule has 0 aliphatic rings. The third kappa shape index (κ3) is 5.41. The lowest BCUT2D eigenvalue weighted by molar-refractivity contribution is -0.137. The Labute approximate surface area is 213 Å². The summed E-state index contributed by atoms with van der Waals surface area (Å²) in [4.78, 5) is 33.1. The number of alkyl halides is 3. The number of hydrogen-bond donors (Lipinski definition) is 2. The first-order valence-electron chi connectivity index (χ1n) is 11.2. The molecule has 1 unspecified atom stereocenters. The second-order valence-electron chi connectivity index (χ2n) is 8.44. The van der Waals surface area contributed by atoms with E-state index < -0.39 is 29.5 Å². The van der Waals surface area contributed by atoms with Gasteiger partial charge in [-0.05, 0) is 50.2 Å². The van der Waals surface area contributed by atoms with Gasteiger partial charge in [0.1, 0.15) is 11.4 Å². The van der Waals surface area contributed by atoms with Gasteiger partial charge in [-0.15, -0.1) is 0 Å². The van der Waals surface area contributed by atoms with Crippen LogP contribution >= 0.6 is 0 Å². The first kappa shape index (κ1) is 26.5. The number of ether oxygens (including phenoxy) is 1. The maximum Gasteiger partial charge on any atom is 0.416 e. The van der Waals surface area contributed by atoms with Crippen LogP contribution in [0.2, 0.25) is 0 Å². The zero-order valence-corrected chi connectivity index (χ0v) is 20.6. The smallest absolute Gasteiger partial charge is 0.416 e. The lowest BCUT2D eigenvalue weighted by Crippen LogP contribution is -2.28. The fourth-order valence-corrected chi connectivity index (χ4v) is 3.83. The molecule has 1 aromatic carbocycles. The van der Waals surface area contributed by atoms with E-state index in [9.17, 15) is 27.2 Å². The number of halogens is 4. The number of amides is 2. The molecule has 0 fully saturated rings. The van der Waals surface area contributed by atoms with E-state index in [2.05, 4.69) is 25.7 Å². The number of aromatic nitrogens is 4. The molecule has 0 radical (unpaired) electrons. The van der Waals surface area contributed by atoms with Gasteiger partial charge in [-0.2, -0.15) is 18.3 Å². The van der Waals surface area contributed by atoms with Gasteiger partial charge in [0, 0.05) is 18.1 Å². The lowest BCUT2D eigenvalue weighted by atomic mass is 10.0. The first-order chi connectivity index (χ1) is 17.9. The van der Waals surface area contributed by atoms with Gasteiger partial charge in [0.15, 0.2) is 11.5 Å². The van der Waals surface area contributed by atoms with Gasteiger partial charge < -0.3 is 15.4 Å². The van der Waals surface area contributed by atoms with E-state index in [-0.39, 0.29) is 22.9 Å². The lowest BCUT2D eigenvalue weighted by Gasteiger charge is -2.18. The van der Waals surface area contributed by atoms with E-state index in [0.29, 0.717) is 46.6 Å². The summed E-state index contributed by atoms with van der Waals surface area (Å²) in [6.45, 7) is 4.40. The third-order valence-electron chi connectivity index (χ3n) is 5.65. The number of carbonyl (C=O) groups excluding carboxylic acids is 2. The highest BCUT2D eigenvalue weighted by Crippen LogP contribution is 2.32. The fraction of sp³-hybridized carbons (Fsp3) is 0.240. The predicted octanol–water partition coefficient (Wildman–Crippen LogP) is 4.72. The van der Waals surface area contributed by atoms with Crippen molar-refractivity contribution in [3.8, 4) is 17.1 Å². The molecule has 0 aliphatic carbocycles. The number of carbonyl (C=O) groups is 2. The minimum Gasteiger partial charge on any atom is -0.480 e. The number of fused-ring (bicyclic) bond motifs is 1. The summed E-state index contributed by atoms with van der Waals surface area (Å²) in [5, 5.41) is 9.56. The van der Waals surface area contributed by atoms with E-state index in [1.807, 2.05) is 0 Å². The first-order valence-corrected chi connectivity index (χ1v) is 11.2. The molecule has 2 N–H and O–H groups in total. The number of hydrogen-bond acceptors (Lipinski definition) is 6. The minimum absolute atomic E-state index is 0.0289. The van der Waals surface area contributed by atoms with Crippen LogP contribution in [-0.2, 0) is 11.0 Å². The normalized spacial score (nSPS) is 12.3. The molecular weight excluding hydrogens is 508 g/mol. The van der Waals surface area contributed by atoms with Crippen LogP contribution < -0.4 is 15.4 Å². The second-order valence-corrected chi connectivity index (χ2v) is 8.44. The third-order valence-corrected chi connectivity index (χ3v) is 5.65. The fourth-order valence-electron chi connectivity index (χ4n) is 3.83. The maximum absolute atomic E-state index is 14.3. The van der Waals surface area contributed by atoms with Crippen LogP contribution in [0.5, 0.6) is 5.88 Å². The Bertz CT molecular complexity index is 1550. The highest BCUT2D eigenvalue weighted by Gasteiger charge is 2.32. The maximum atomic E-state index is 14.3. The molecule has 2 amide bonds. The Kier molecular flexibility index (Phi) is 7.03. The van der Waals surface area contributed by atoms with Crippen LogP contribution in [0.1, 0.15) is 47.1 Å². The molecular formula is C25H22F4N6O3. The van der Waals surface area contributed by atoms with Crippen molar-refractivity contribution in [2.75, 3.05) is 12.4 Å². The number of pyridine rings is 1. The molecule has 4 rings (SSSR count). The molecule has 9 nitrogen and oxygen atoms in total. The molecule has 3 aromatic heterocycles. The van der Waals surface area contributed by atoms with E-state index in [4.69, 9.17) is 4.74 Å². The summed E-state index contributed by atoms with van der Waals surface area (Å²) in [6.07, 6.45) is -3.15.